The second kappa shape index (κ2) is 5.12. The first-order chi connectivity index (χ1) is 8.88. The predicted octanol–water partition coefficient (Wildman–Crippen LogP) is 4.73. The van der Waals surface area contributed by atoms with Gasteiger partial charge in [0.05, 0.1) is 6.20 Å². The van der Waals surface area contributed by atoms with Crippen LogP contribution in [0.25, 0.3) is 21.4 Å². The van der Waals surface area contributed by atoms with Crippen molar-refractivity contribution in [2.75, 3.05) is 5.88 Å². The normalized spacial score (nSPS) is 11.2. The standard InChI is InChI=1S/C14H12ClNOS/c15-7-3-6-14-16-8-12(17-14)11-9-18-13-5-2-1-4-10(11)13/h1-2,4-5,8-9H,3,6-7H2. The Morgan fingerprint density at radius 1 is 1.28 bits per heavy atom. The van der Waals surface area contributed by atoms with Crippen LogP contribution in [0.4, 0.5) is 0 Å². The number of aryl methyl sites for hydroxylation is 1. The molecule has 1 aromatic carbocycles. The number of alkyl halides is 1. The molecule has 4 heteroatoms. The maximum atomic E-state index is 5.78. The van der Waals surface area contributed by atoms with E-state index in [1.54, 1.807) is 17.5 Å². The number of halogens is 1. The first-order valence-electron chi connectivity index (χ1n) is 5.86. The summed E-state index contributed by atoms with van der Waals surface area (Å²) in [6.07, 6.45) is 3.50. The molecule has 0 N–H and O–H groups in total. The van der Waals surface area contributed by atoms with Gasteiger partial charge in [-0.3, -0.25) is 0 Å². The van der Waals surface area contributed by atoms with Crippen LogP contribution in [0.2, 0.25) is 0 Å². The summed E-state index contributed by atoms with van der Waals surface area (Å²) >= 11 is 7.40. The molecule has 0 radical (unpaired) electrons. The van der Waals surface area contributed by atoms with Gasteiger partial charge in [0.2, 0.25) is 0 Å². The summed E-state index contributed by atoms with van der Waals surface area (Å²) in [7, 11) is 0. The van der Waals surface area contributed by atoms with Crippen molar-refractivity contribution in [3.05, 3.63) is 41.7 Å². The zero-order chi connectivity index (χ0) is 12.4. The molecule has 2 aromatic heterocycles. The largest absolute Gasteiger partial charge is 0.441 e. The Labute approximate surface area is 114 Å². The number of fused-ring (bicyclic) bond motifs is 1. The lowest BCUT2D eigenvalue weighted by molar-refractivity contribution is 0.504. The molecular weight excluding hydrogens is 266 g/mol. The summed E-state index contributed by atoms with van der Waals surface area (Å²) in [4.78, 5) is 4.30. The van der Waals surface area contributed by atoms with Gasteiger partial charge in [0.25, 0.3) is 0 Å². The Morgan fingerprint density at radius 3 is 3.06 bits per heavy atom. The number of aromatic nitrogens is 1. The molecule has 2 heterocycles. The van der Waals surface area contributed by atoms with E-state index in [4.69, 9.17) is 16.0 Å². The van der Waals surface area contributed by atoms with Crippen LogP contribution >= 0.6 is 22.9 Å². The van der Waals surface area contributed by atoms with E-state index in [9.17, 15) is 0 Å². The Bertz CT molecular complexity index is 658. The molecule has 3 aromatic rings. The second-order valence-corrected chi connectivity index (χ2v) is 5.35. The molecule has 0 amide bonds. The highest BCUT2D eigenvalue weighted by molar-refractivity contribution is 7.17. The molecule has 0 aliphatic rings. The van der Waals surface area contributed by atoms with Gasteiger partial charge in [0.15, 0.2) is 11.7 Å². The monoisotopic (exact) mass is 277 g/mol. The topological polar surface area (TPSA) is 26.0 Å². The number of hydrogen-bond acceptors (Lipinski definition) is 3. The lowest BCUT2D eigenvalue weighted by Gasteiger charge is -1.94. The Balaban J connectivity index is 1.96. The molecule has 0 saturated heterocycles. The number of benzene rings is 1. The highest BCUT2D eigenvalue weighted by Crippen LogP contribution is 2.34. The van der Waals surface area contributed by atoms with Crippen molar-refractivity contribution in [2.24, 2.45) is 0 Å². The highest BCUT2D eigenvalue weighted by Gasteiger charge is 2.10. The van der Waals surface area contributed by atoms with E-state index in [0.29, 0.717) is 5.88 Å². The molecular formula is C14H12ClNOS. The minimum Gasteiger partial charge on any atom is -0.441 e. The maximum absolute atomic E-state index is 5.78. The molecule has 0 aliphatic heterocycles. The van der Waals surface area contributed by atoms with Crippen molar-refractivity contribution in [1.29, 1.82) is 0 Å². The minimum absolute atomic E-state index is 0.638. The zero-order valence-electron chi connectivity index (χ0n) is 9.73. The molecule has 92 valence electrons. The number of nitrogens with zero attached hydrogens (tertiary/aromatic N) is 1. The number of oxazole rings is 1. The summed E-state index contributed by atoms with van der Waals surface area (Å²) in [6, 6.07) is 8.33. The van der Waals surface area contributed by atoms with E-state index in [1.165, 1.54) is 10.1 Å². The van der Waals surface area contributed by atoms with E-state index < -0.39 is 0 Å². The van der Waals surface area contributed by atoms with E-state index in [0.717, 1.165) is 30.1 Å². The fourth-order valence-electron chi connectivity index (χ4n) is 1.94. The van der Waals surface area contributed by atoms with Crippen molar-refractivity contribution in [3.63, 3.8) is 0 Å². The van der Waals surface area contributed by atoms with Crippen LogP contribution < -0.4 is 0 Å². The molecule has 2 nitrogen and oxygen atoms in total. The van der Waals surface area contributed by atoms with Gasteiger partial charge < -0.3 is 4.42 Å². The fourth-order valence-corrected chi connectivity index (χ4v) is 3.02. The number of thiophene rings is 1. The van der Waals surface area contributed by atoms with Crippen LogP contribution in [0.1, 0.15) is 12.3 Å². The van der Waals surface area contributed by atoms with Crippen molar-refractivity contribution in [2.45, 2.75) is 12.8 Å². The van der Waals surface area contributed by atoms with Crippen molar-refractivity contribution >= 4 is 33.0 Å². The summed E-state index contributed by atoms with van der Waals surface area (Å²) < 4.78 is 7.04. The van der Waals surface area contributed by atoms with Gasteiger partial charge >= 0.3 is 0 Å². The van der Waals surface area contributed by atoms with Crippen LogP contribution in [0, 0.1) is 0 Å². The maximum Gasteiger partial charge on any atom is 0.194 e. The number of rotatable bonds is 4. The zero-order valence-corrected chi connectivity index (χ0v) is 11.3. The van der Waals surface area contributed by atoms with Gasteiger partial charge in [-0.05, 0) is 12.5 Å². The van der Waals surface area contributed by atoms with Crippen molar-refractivity contribution in [1.82, 2.24) is 4.98 Å². The van der Waals surface area contributed by atoms with Gasteiger partial charge in [-0.25, -0.2) is 4.98 Å². The summed E-state index contributed by atoms with van der Waals surface area (Å²) in [6.45, 7) is 0. The lowest BCUT2D eigenvalue weighted by Crippen LogP contribution is -1.84. The molecule has 0 spiro atoms. The van der Waals surface area contributed by atoms with Crippen LogP contribution in [0.15, 0.2) is 40.3 Å². The average molecular weight is 278 g/mol. The van der Waals surface area contributed by atoms with Gasteiger partial charge in [-0.15, -0.1) is 22.9 Å². The summed E-state index contributed by atoms with van der Waals surface area (Å²) in [5.41, 5.74) is 1.13. The molecule has 18 heavy (non-hydrogen) atoms. The van der Waals surface area contributed by atoms with Crippen LogP contribution in [0.3, 0.4) is 0 Å². The van der Waals surface area contributed by atoms with Crippen LogP contribution in [-0.2, 0) is 6.42 Å². The Morgan fingerprint density at radius 2 is 2.17 bits per heavy atom. The first kappa shape index (κ1) is 11.8. The summed E-state index contributed by atoms with van der Waals surface area (Å²) in [5.74, 6) is 2.25. The molecule has 0 fully saturated rings. The third-order valence-corrected chi connectivity index (χ3v) is 4.06. The predicted molar refractivity (Wildman–Crippen MR) is 76.4 cm³/mol. The third-order valence-electron chi connectivity index (χ3n) is 2.82. The van der Waals surface area contributed by atoms with E-state index >= 15 is 0 Å². The van der Waals surface area contributed by atoms with E-state index in [1.807, 2.05) is 6.07 Å². The van der Waals surface area contributed by atoms with Gasteiger partial charge in [-0.1, -0.05) is 18.2 Å². The lowest BCUT2D eigenvalue weighted by atomic mass is 10.1. The van der Waals surface area contributed by atoms with Crippen molar-refractivity contribution in [3.8, 4) is 11.3 Å². The van der Waals surface area contributed by atoms with E-state index in [2.05, 4.69) is 28.6 Å². The molecule has 3 rings (SSSR count). The third kappa shape index (κ3) is 2.16. The minimum atomic E-state index is 0.638. The average Bonchev–Trinajstić information content (AvgIpc) is 3.02. The SMILES string of the molecule is ClCCCc1ncc(-c2csc3ccccc23)o1. The smallest absolute Gasteiger partial charge is 0.194 e. The Kier molecular flexibility index (Phi) is 3.35. The van der Waals surface area contributed by atoms with Gasteiger partial charge in [0.1, 0.15) is 0 Å². The quantitative estimate of drug-likeness (QED) is 0.645. The molecule has 0 bridgehead atoms. The second-order valence-electron chi connectivity index (χ2n) is 4.06. The molecule has 0 saturated carbocycles. The van der Waals surface area contributed by atoms with Gasteiger partial charge in [0, 0.05) is 33.3 Å². The van der Waals surface area contributed by atoms with Crippen molar-refractivity contribution < 1.29 is 4.42 Å². The first-order valence-corrected chi connectivity index (χ1v) is 7.27. The van der Waals surface area contributed by atoms with Gasteiger partial charge in [-0.2, -0.15) is 0 Å². The van der Waals surface area contributed by atoms with E-state index in [-0.39, 0.29) is 0 Å². The Hall–Kier alpha value is -1.32. The summed E-state index contributed by atoms with van der Waals surface area (Å²) in [5, 5.41) is 3.35. The van der Waals surface area contributed by atoms with Crippen LogP contribution in [0.5, 0.6) is 0 Å². The molecule has 0 aliphatic carbocycles. The number of hydrogen-bond donors (Lipinski definition) is 0. The molecule has 0 atom stereocenters. The fraction of sp³-hybridized carbons (Fsp3) is 0.214. The highest BCUT2D eigenvalue weighted by atomic mass is 35.5. The molecule has 0 unspecified atom stereocenters. The van der Waals surface area contributed by atoms with Crippen LogP contribution in [-0.4, -0.2) is 10.9 Å².